The van der Waals surface area contributed by atoms with E-state index < -0.39 is 6.10 Å². The molecule has 0 saturated carbocycles. The molecule has 176 valence electrons. The molecular weight excluding hydrogens is 426 g/mol. The second kappa shape index (κ2) is 11.2. The van der Waals surface area contributed by atoms with Gasteiger partial charge in [0, 0.05) is 11.9 Å². The van der Waals surface area contributed by atoms with Gasteiger partial charge in [-0.05, 0) is 31.0 Å². The maximum Gasteiger partial charge on any atom is 0.322 e. The number of β-amino-alcohol motifs (C(OH)–C–C–N with tert-alkyl or cyclic N) is 1. The first-order valence-electron chi connectivity index (χ1n) is 11.1. The van der Waals surface area contributed by atoms with Gasteiger partial charge in [-0.15, -0.1) is 0 Å². The van der Waals surface area contributed by atoms with Crippen molar-refractivity contribution in [2.45, 2.75) is 50.2 Å². The molecular formula is C23H29N5O5. The monoisotopic (exact) mass is 455 g/mol. The van der Waals surface area contributed by atoms with Crippen LogP contribution in [0.1, 0.15) is 25.0 Å². The predicted octanol–water partition coefficient (Wildman–Crippen LogP) is 1.32. The van der Waals surface area contributed by atoms with Crippen molar-refractivity contribution in [2.75, 3.05) is 25.1 Å². The maximum atomic E-state index is 13.0. The minimum atomic E-state index is -0.780. The number of benzene rings is 1. The zero-order chi connectivity index (χ0) is 23.0. The molecule has 33 heavy (non-hydrogen) atoms. The number of nitrogens with one attached hydrogen (secondary N) is 2. The quantitative estimate of drug-likeness (QED) is 0.621. The number of para-hydroxylation sites is 1. The van der Waals surface area contributed by atoms with Crippen molar-refractivity contribution in [2.24, 2.45) is 0 Å². The van der Waals surface area contributed by atoms with Crippen molar-refractivity contribution in [3.63, 3.8) is 0 Å². The molecule has 2 aromatic rings. The third-order valence-corrected chi connectivity index (χ3v) is 5.79. The first kappa shape index (κ1) is 23.1. The lowest BCUT2D eigenvalue weighted by molar-refractivity contribution is -0.149. The molecule has 1 aromatic heterocycles. The third-order valence-electron chi connectivity index (χ3n) is 5.79. The van der Waals surface area contributed by atoms with Crippen LogP contribution >= 0.6 is 0 Å². The van der Waals surface area contributed by atoms with Crippen molar-refractivity contribution >= 4 is 17.6 Å². The van der Waals surface area contributed by atoms with Gasteiger partial charge in [0.1, 0.15) is 12.4 Å². The lowest BCUT2D eigenvalue weighted by Crippen LogP contribution is -2.58. The Balaban J connectivity index is 1.35. The topological polar surface area (TPSA) is 126 Å². The summed E-state index contributed by atoms with van der Waals surface area (Å²) in [5.41, 5.74) is 1.41. The number of anilines is 1. The number of aliphatic hydroxyl groups is 1. The second-order valence-electron chi connectivity index (χ2n) is 8.26. The Bertz CT molecular complexity index is 916. The van der Waals surface area contributed by atoms with E-state index in [1.807, 2.05) is 30.3 Å². The second-order valence-corrected chi connectivity index (χ2v) is 8.26. The van der Waals surface area contributed by atoms with E-state index in [0.29, 0.717) is 25.1 Å². The number of aromatic nitrogens is 2. The molecule has 4 atom stereocenters. The van der Waals surface area contributed by atoms with E-state index >= 15 is 0 Å². The van der Waals surface area contributed by atoms with Crippen LogP contribution in [-0.4, -0.2) is 76.0 Å². The van der Waals surface area contributed by atoms with Crippen molar-refractivity contribution < 1.29 is 24.2 Å². The van der Waals surface area contributed by atoms with Gasteiger partial charge in [0.15, 0.2) is 0 Å². The number of amides is 3. The summed E-state index contributed by atoms with van der Waals surface area (Å²) in [6.07, 6.45) is 3.11. The number of ether oxygens (including phenoxy) is 2. The van der Waals surface area contributed by atoms with E-state index in [1.54, 1.807) is 17.2 Å². The highest BCUT2D eigenvalue weighted by Crippen LogP contribution is 2.28. The Morgan fingerprint density at radius 2 is 2.00 bits per heavy atom. The summed E-state index contributed by atoms with van der Waals surface area (Å²) < 4.78 is 11.8. The molecule has 0 spiro atoms. The average Bonchev–Trinajstić information content (AvgIpc) is 2.82. The van der Waals surface area contributed by atoms with E-state index in [4.69, 9.17) is 9.47 Å². The molecule has 2 aliphatic heterocycles. The molecule has 2 aliphatic rings. The number of urea groups is 1. The molecule has 4 rings (SSSR count). The van der Waals surface area contributed by atoms with Crippen molar-refractivity contribution in [3.05, 3.63) is 54.6 Å². The molecule has 0 bridgehead atoms. The highest BCUT2D eigenvalue weighted by atomic mass is 16.5. The standard InChI is InChI=1S/C23H29N5O5/c29-18-12-28(23(31)27-16-4-2-1-3-5-16)20-7-6-19(33-21(20)14-32-13-18)10-22(30)25-11-17-8-9-24-15-26-17/h1-5,8-9,15,18-21,29H,6-7,10-14H2,(H,25,30)(H,27,31)/t18-,19-,20-,21+/m1/s1. The molecule has 3 heterocycles. The summed E-state index contributed by atoms with van der Waals surface area (Å²) in [6, 6.07) is 10.4. The highest BCUT2D eigenvalue weighted by Gasteiger charge is 2.40. The fourth-order valence-corrected chi connectivity index (χ4v) is 4.18. The number of hydrogen-bond donors (Lipinski definition) is 3. The van der Waals surface area contributed by atoms with Gasteiger partial charge in [-0.1, -0.05) is 18.2 Å². The summed E-state index contributed by atoms with van der Waals surface area (Å²) in [4.78, 5) is 35.0. The smallest absolute Gasteiger partial charge is 0.322 e. The Hall–Kier alpha value is -3.08. The normalized spacial score (nSPS) is 25.3. The van der Waals surface area contributed by atoms with Gasteiger partial charge in [-0.2, -0.15) is 0 Å². The van der Waals surface area contributed by atoms with Crippen LogP contribution in [0.25, 0.3) is 0 Å². The van der Waals surface area contributed by atoms with Crippen LogP contribution < -0.4 is 10.6 Å². The minimum Gasteiger partial charge on any atom is -0.389 e. The predicted molar refractivity (Wildman–Crippen MR) is 119 cm³/mol. The first-order valence-corrected chi connectivity index (χ1v) is 11.1. The van der Waals surface area contributed by atoms with Crippen LogP contribution in [0.5, 0.6) is 0 Å². The van der Waals surface area contributed by atoms with Gasteiger partial charge >= 0.3 is 6.03 Å². The first-order chi connectivity index (χ1) is 16.1. The number of nitrogens with zero attached hydrogens (tertiary/aromatic N) is 3. The lowest BCUT2D eigenvalue weighted by Gasteiger charge is -2.44. The Kier molecular flexibility index (Phi) is 7.82. The molecule has 3 amide bonds. The van der Waals surface area contributed by atoms with E-state index in [-0.39, 0.29) is 56.4 Å². The largest absolute Gasteiger partial charge is 0.389 e. The van der Waals surface area contributed by atoms with Crippen molar-refractivity contribution in [1.82, 2.24) is 20.2 Å². The summed E-state index contributed by atoms with van der Waals surface area (Å²) >= 11 is 0. The number of hydrogen-bond acceptors (Lipinski definition) is 7. The molecule has 0 radical (unpaired) electrons. The minimum absolute atomic E-state index is 0.117. The molecule has 3 N–H and O–H groups in total. The number of fused-ring (bicyclic) bond motifs is 1. The van der Waals surface area contributed by atoms with Gasteiger partial charge in [-0.3, -0.25) is 4.79 Å². The summed E-state index contributed by atoms with van der Waals surface area (Å²) in [5.74, 6) is -0.127. The number of carbonyl (C=O) groups excluding carboxylic acids is 2. The van der Waals surface area contributed by atoms with Crippen molar-refractivity contribution in [1.29, 1.82) is 0 Å². The molecule has 2 saturated heterocycles. The van der Waals surface area contributed by atoms with E-state index in [0.717, 1.165) is 5.69 Å². The summed E-state index contributed by atoms with van der Waals surface area (Å²) in [7, 11) is 0. The highest BCUT2D eigenvalue weighted by molar-refractivity contribution is 5.89. The average molecular weight is 456 g/mol. The zero-order valence-corrected chi connectivity index (χ0v) is 18.3. The van der Waals surface area contributed by atoms with Gasteiger partial charge < -0.3 is 30.1 Å². The Morgan fingerprint density at radius 3 is 2.79 bits per heavy atom. The van der Waals surface area contributed by atoms with Crippen LogP contribution in [0.2, 0.25) is 0 Å². The SMILES string of the molecule is O=C(C[C@H]1CC[C@@H]2[C@H](COC[C@H](O)CN2C(=O)Nc2ccccc2)O1)NCc1ccncn1. The Labute approximate surface area is 192 Å². The molecule has 0 aliphatic carbocycles. The summed E-state index contributed by atoms with van der Waals surface area (Å²) in [6.45, 7) is 0.837. The fourth-order valence-electron chi connectivity index (χ4n) is 4.18. The van der Waals surface area contributed by atoms with Crippen LogP contribution in [-0.2, 0) is 20.8 Å². The van der Waals surface area contributed by atoms with Crippen molar-refractivity contribution in [3.8, 4) is 0 Å². The van der Waals surface area contributed by atoms with Gasteiger partial charge in [0.05, 0.1) is 56.7 Å². The number of carbonyl (C=O) groups is 2. The number of rotatable bonds is 5. The van der Waals surface area contributed by atoms with Crippen LogP contribution in [0.4, 0.5) is 10.5 Å². The molecule has 10 heteroatoms. The number of aliphatic hydroxyl groups excluding tert-OH is 1. The molecule has 10 nitrogen and oxygen atoms in total. The van der Waals surface area contributed by atoms with Crippen LogP contribution in [0.3, 0.4) is 0 Å². The van der Waals surface area contributed by atoms with Crippen LogP contribution in [0.15, 0.2) is 48.9 Å². The zero-order valence-electron chi connectivity index (χ0n) is 18.3. The fraction of sp³-hybridized carbons (Fsp3) is 0.478. The van der Waals surface area contributed by atoms with Gasteiger partial charge in [0.25, 0.3) is 0 Å². The molecule has 2 fully saturated rings. The lowest BCUT2D eigenvalue weighted by atomic mass is 9.95. The summed E-state index contributed by atoms with van der Waals surface area (Å²) in [5, 5.41) is 16.0. The Morgan fingerprint density at radius 1 is 1.15 bits per heavy atom. The maximum absolute atomic E-state index is 13.0. The van der Waals surface area contributed by atoms with Crippen LogP contribution in [0, 0.1) is 0 Å². The molecule has 1 aromatic carbocycles. The molecule has 0 unspecified atom stereocenters. The van der Waals surface area contributed by atoms with Gasteiger partial charge in [0.2, 0.25) is 5.91 Å². The van der Waals surface area contributed by atoms with E-state index in [9.17, 15) is 14.7 Å². The van der Waals surface area contributed by atoms with Gasteiger partial charge in [-0.25, -0.2) is 14.8 Å². The third kappa shape index (κ3) is 6.47. The van der Waals surface area contributed by atoms with E-state index in [2.05, 4.69) is 20.6 Å². The van der Waals surface area contributed by atoms with E-state index in [1.165, 1.54) is 6.33 Å².